The Balaban J connectivity index is 2.26. The largest absolute Gasteiger partial charge is 0.508 e. The molecule has 18 heavy (non-hydrogen) atoms. The highest BCUT2D eigenvalue weighted by molar-refractivity contribution is 5.43. The van der Waals surface area contributed by atoms with E-state index in [2.05, 4.69) is 6.92 Å². The fourth-order valence-corrected chi connectivity index (χ4v) is 2.26. The van der Waals surface area contributed by atoms with Crippen LogP contribution in [0.3, 0.4) is 0 Å². The predicted octanol–water partition coefficient (Wildman–Crippen LogP) is 4.69. The van der Waals surface area contributed by atoms with Crippen LogP contribution in [0.1, 0.15) is 57.4 Å². The smallest absolute Gasteiger partial charge is 0.125 e. The maximum Gasteiger partial charge on any atom is 0.125 e. The second-order valence-electron chi connectivity index (χ2n) is 4.83. The molecule has 0 saturated carbocycles. The quantitative estimate of drug-likeness (QED) is 0.644. The Labute approximate surface area is 111 Å². The fraction of sp³-hybridized carbons (Fsp3) is 0.625. The SMILES string of the molecule is CCCCCCCCCc1c(O)cccc1OC. The predicted molar refractivity (Wildman–Crippen MR) is 76.4 cm³/mol. The van der Waals surface area contributed by atoms with E-state index in [1.54, 1.807) is 13.2 Å². The third-order valence-corrected chi connectivity index (χ3v) is 3.36. The zero-order valence-electron chi connectivity index (χ0n) is 11.7. The Morgan fingerprint density at radius 2 is 1.67 bits per heavy atom. The van der Waals surface area contributed by atoms with Crippen LogP contribution in [0.25, 0.3) is 0 Å². The number of phenolic OH excluding ortho intramolecular Hbond substituents is 1. The van der Waals surface area contributed by atoms with Gasteiger partial charge in [0.1, 0.15) is 11.5 Å². The van der Waals surface area contributed by atoms with Crippen molar-refractivity contribution in [3.8, 4) is 11.5 Å². The van der Waals surface area contributed by atoms with Crippen LogP contribution in [-0.4, -0.2) is 12.2 Å². The van der Waals surface area contributed by atoms with Crippen LogP contribution in [0.5, 0.6) is 11.5 Å². The van der Waals surface area contributed by atoms with Gasteiger partial charge in [-0.3, -0.25) is 0 Å². The van der Waals surface area contributed by atoms with Gasteiger partial charge in [-0.15, -0.1) is 0 Å². The summed E-state index contributed by atoms with van der Waals surface area (Å²) in [5, 5.41) is 9.82. The lowest BCUT2D eigenvalue weighted by Crippen LogP contribution is -1.93. The van der Waals surface area contributed by atoms with Gasteiger partial charge in [0, 0.05) is 5.56 Å². The molecule has 102 valence electrons. The standard InChI is InChI=1S/C16H26O2/c1-3-4-5-6-7-8-9-11-14-15(17)12-10-13-16(14)18-2/h10,12-13,17H,3-9,11H2,1-2H3. The third-order valence-electron chi connectivity index (χ3n) is 3.36. The Morgan fingerprint density at radius 1 is 1.00 bits per heavy atom. The van der Waals surface area contributed by atoms with Crippen molar-refractivity contribution in [3.05, 3.63) is 23.8 Å². The first-order valence-corrected chi connectivity index (χ1v) is 7.14. The number of rotatable bonds is 9. The molecule has 1 rings (SSSR count). The van der Waals surface area contributed by atoms with Crippen molar-refractivity contribution in [1.82, 2.24) is 0 Å². The first-order chi connectivity index (χ1) is 8.79. The Hall–Kier alpha value is -1.18. The highest BCUT2D eigenvalue weighted by Crippen LogP contribution is 2.29. The first kappa shape index (κ1) is 14.9. The Morgan fingerprint density at radius 3 is 2.33 bits per heavy atom. The van der Waals surface area contributed by atoms with Gasteiger partial charge in [0.05, 0.1) is 7.11 Å². The molecule has 0 amide bonds. The summed E-state index contributed by atoms with van der Waals surface area (Å²) in [6.45, 7) is 2.24. The minimum atomic E-state index is 0.361. The van der Waals surface area contributed by atoms with Gasteiger partial charge >= 0.3 is 0 Å². The highest BCUT2D eigenvalue weighted by Gasteiger charge is 2.07. The molecule has 0 aliphatic rings. The van der Waals surface area contributed by atoms with Gasteiger partial charge in [0.25, 0.3) is 0 Å². The van der Waals surface area contributed by atoms with E-state index in [1.165, 1.54) is 38.5 Å². The van der Waals surface area contributed by atoms with Crippen molar-refractivity contribution in [1.29, 1.82) is 0 Å². The lowest BCUT2D eigenvalue weighted by Gasteiger charge is -2.10. The number of phenols is 1. The average Bonchev–Trinajstić information content (AvgIpc) is 2.39. The number of aromatic hydroxyl groups is 1. The Kier molecular flexibility index (Phi) is 7.31. The van der Waals surface area contributed by atoms with Crippen LogP contribution in [0, 0.1) is 0 Å². The molecule has 0 saturated heterocycles. The van der Waals surface area contributed by atoms with Gasteiger partial charge in [-0.25, -0.2) is 0 Å². The summed E-state index contributed by atoms with van der Waals surface area (Å²) in [6, 6.07) is 5.47. The van der Waals surface area contributed by atoms with Crippen molar-refractivity contribution in [3.63, 3.8) is 0 Å². The molecule has 0 aliphatic heterocycles. The van der Waals surface area contributed by atoms with Crippen LogP contribution in [0.15, 0.2) is 18.2 Å². The zero-order chi connectivity index (χ0) is 13.2. The fourth-order valence-electron chi connectivity index (χ4n) is 2.26. The van der Waals surface area contributed by atoms with E-state index in [-0.39, 0.29) is 0 Å². The lowest BCUT2D eigenvalue weighted by molar-refractivity contribution is 0.398. The summed E-state index contributed by atoms with van der Waals surface area (Å²) >= 11 is 0. The van der Waals surface area contributed by atoms with Gasteiger partial charge in [0.15, 0.2) is 0 Å². The van der Waals surface area contributed by atoms with E-state index in [9.17, 15) is 5.11 Å². The molecule has 0 spiro atoms. The van der Waals surface area contributed by atoms with E-state index in [1.807, 2.05) is 12.1 Å². The molecule has 0 aromatic heterocycles. The van der Waals surface area contributed by atoms with Gasteiger partial charge in [-0.1, -0.05) is 51.5 Å². The molecule has 0 aliphatic carbocycles. The molecule has 1 aromatic rings. The first-order valence-electron chi connectivity index (χ1n) is 7.14. The molecule has 0 bridgehead atoms. The van der Waals surface area contributed by atoms with E-state index in [0.717, 1.165) is 24.2 Å². The molecule has 2 heteroatoms. The topological polar surface area (TPSA) is 29.5 Å². The molecular formula is C16H26O2. The van der Waals surface area contributed by atoms with Gasteiger partial charge in [-0.05, 0) is 25.0 Å². The number of benzene rings is 1. The maximum absolute atomic E-state index is 9.82. The van der Waals surface area contributed by atoms with Crippen LogP contribution in [0.2, 0.25) is 0 Å². The van der Waals surface area contributed by atoms with E-state index < -0.39 is 0 Å². The molecule has 2 nitrogen and oxygen atoms in total. The van der Waals surface area contributed by atoms with Crippen LogP contribution in [-0.2, 0) is 6.42 Å². The molecule has 0 atom stereocenters. The Bertz CT molecular complexity index is 334. The maximum atomic E-state index is 9.82. The third kappa shape index (κ3) is 4.99. The lowest BCUT2D eigenvalue weighted by atomic mass is 10.0. The number of unbranched alkanes of at least 4 members (excludes halogenated alkanes) is 6. The average molecular weight is 250 g/mol. The number of methoxy groups -OCH3 is 1. The van der Waals surface area contributed by atoms with Crippen molar-refractivity contribution < 1.29 is 9.84 Å². The van der Waals surface area contributed by atoms with Crippen LogP contribution < -0.4 is 4.74 Å². The molecule has 0 fully saturated rings. The highest BCUT2D eigenvalue weighted by atomic mass is 16.5. The molecule has 1 aromatic carbocycles. The molecule has 0 radical (unpaired) electrons. The summed E-state index contributed by atoms with van der Waals surface area (Å²) in [7, 11) is 1.66. The number of hydrogen-bond acceptors (Lipinski definition) is 2. The van der Waals surface area contributed by atoms with Gasteiger partial charge in [-0.2, -0.15) is 0 Å². The summed E-state index contributed by atoms with van der Waals surface area (Å²) in [5.41, 5.74) is 0.952. The minimum absolute atomic E-state index is 0.361. The molecule has 0 heterocycles. The van der Waals surface area contributed by atoms with Crippen molar-refractivity contribution in [2.75, 3.05) is 7.11 Å². The monoisotopic (exact) mass is 250 g/mol. The second kappa shape index (κ2) is 8.84. The van der Waals surface area contributed by atoms with Gasteiger partial charge < -0.3 is 9.84 Å². The van der Waals surface area contributed by atoms with E-state index in [4.69, 9.17) is 4.74 Å². The normalized spacial score (nSPS) is 10.6. The minimum Gasteiger partial charge on any atom is -0.508 e. The summed E-state index contributed by atoms with van der Waals surface area (Å²) < 4.78 is 5.28. The van der Waals surface area contributed by atoms with Gasteiger partial charge in [0.2, 0.25) is 0 Å². The summed E-state index contributed by atoms with van der Waals surface area (Å²) in [5.74, 6) is 1.17. The number of hydrogen-bond donors (Lipinski definition) is 1. The van der Waals surface area contributed by atoms with Crippen molar-refractivity contribution in [2.45, 2.75) is 58.3 Å². The van der Waals surface area contributed by atoms with E-state index in [0.29, 0.717) is 5.75 Å². The van der Waals surface area contributed by atoms with Crippen molar-refractivity contribution in [2.24, 2.45) is 0 Å². The molecular weight excluding hydrogens is 224 g/mol. The van der Waals surface area contributed by atoms with Crippen LogP contribution in [0.4, 0.5) is 0 Å². The second-order valence-corrected chi connectivity index (χ2v) is 4.83. The van der Waals surface area contributed by atoms with Crippen molar-refractivity contribution >= 4 is 0 Å². The summed E-state index contributed by atoms with van der Waals surface area (Å²) in [6.07, 6.45) is 9.92. The zero-order valence-corrected chi connectivity index (χ0v) is 11.7. The molecule has 1 N–H and O–H groups in total. The summed E-state index contributed by atoms with van der Waals surface area (Å²) in [4.78, 5) is 0. The van der Waals surface area contributed by atoms with Crippen LogP contribution >= 0.6 is 0 Å². The molecule has 0 unspecified atom stereocenters. The van der Waals surface area contributed by atoms with E-state index >= 15 is 0 Å². The number of ether oxygens (including phenoxy) is 1.